The van der Waals surface area contributed by atoms with Crippen molar-refractivity contribution in [1.29, 1.82) is 0 Å². The highest BCUT2D eigenvalue weighted by Gasteiger charge is 2.30. The van der Waals surface area contributed by atoms with E-state index in [-0.39, 0.29) is 16.9 Å². The van der Waals surface area contributed by atoms with Gasteiger partial charge in [-0.1, -0.05) is 0 Å². The lowest BCUT2D eigenvalue weighted by Gasteiger charge is -2.35. The molecule has 16 heavy (non-hydrogen) atoms. The summed E-state index contributed by atoms with van der Waals surface area (Å²) in [4.78, 5) is 0. The number of fused-ring (bicyclic) bond motifs is 1. The van der Waals surface area contributed by atoms with E-state index in [0.29, 0.717) is 23.3 Å². The van der Waals surface area contributed by atoms with Gasteiger partial charge in [0.15, 0.2) is 0 Å². The summed E-state index contributed by atoms with van der Waals surface area (Å²) in [6.45, 7) is 5.25. The van der Waals surface area contributed by atoms with E-state index >= 15 is 0 Å². The van der Waals surface area contributed by atoms with Gasteiger partial charge in [-0.25, -0.2) is 0 Å². The second-order valence-electron chi connectivity index (χ2n) is 5.14. The van der Waals surface area contributed by atoms with Crippen LogP contribution < -0.4 is 4.74 Å². The highest BCUT2D eigenvalue weighted by molar-refractivity contribution is 5.58. The van der Waals surface area contributed by atoms with Crippen LogP contribution in [0.5, 0.6) is 11.5 Å². The first-order valence-corrected chi connectivity index (χ1v) is 5.59. The number of phenols is 1. The van der Waals surface area contributed by atoms with Crippen LogP contribution in [-0.2, 0) is 6.42 Å². The van der Waals surface area contributed by atoms with E-state index in [4.69, 9.17) is 8.85 Å². The molecule has 1 N–H and O–H groups in total. The van der Waals surface area contributed by atoms with Gasteiger partial charge in [0.05, 0.1) is 0 Å². The summed E-state index contributed by atoms with van der Waals surface area (Å²) in [5, 5.41) is 10.2. The molecule has 2 heteroatoms. The minimum atomic E-state index is -2.32. The van der Waals surface area contributed by atoms with Crippen molar-refractivity contribution in [2.24, 2.45) is 0 Å². The van der Waals surface area contributed by atoms with Crippen LogP contribution in [0.4, 0.5) is 0 Å². The molecule has 1 heterocycles. The summed E-state index contributed by atoms with van der Waals surface area (Å²) in [5.74, 6) is 0.525. The Morgan fingerprint density at radius 1 is 1.25 bits per heavy atom. The van der Waals surface area contributed by atoms with Gasteiger partial charge in [0, 0.05) is 9.68 Å². The van der Waals surface area contributed by atoms with Crippen molar-refractivity contribution >= 4 is 0 Å². The lowest BCUT2D eigenvalue weighted by Crippen LogP contribution is -2.33. The van der Waals surface area contributed by atoms with Crippen LogP contribution in [0.25, 0.3) is 0 Å². The molecule has 0 unspecified atom stereocenters. The molecule has 0 bridgehead atoms. The SMILES string of the molecule is [2H]C([2H])([2H])c1c(O)c(C)c(C)c2c1CCC(C)(C)O2. The fourth-order valence-electron chi connectivity index (χ4n) is 2.15. The maximum absolute atomic E-state index is 10.2. The molecule has 0 aromatic heterocycles. The number of hydrogen-bond acceptors (Lipinski definition) is 2. The van der Waals surface area contributed by atoms with Gasteiger partial charge in [0.25, 0.3) is 0 Å². The molecule has 1 aliphatic heterocycles. The summed E-state index contributed by atoms with van der Waals surface area (Å²) >= 11 is 0. The normalized spacial score (nSPS) is 21.4. The third-order valence-corrected chi connectivity index (χ3v) is 3.43. The molecule has 0 saturated carbocycles. The lowest BCUT2D eigenvalue weighted by molar-refractivity contribution is 0.0831. The van der Waals surface area contributed by atoms with Crippen molar-refractivity contribution in [3.05, 3.63) is 22.3 Å². The largest absolute Gasteiger partial charge is 0.507 e. The van der Waals surface area contributed by atoms with E-state index in [1.807, 2.05) is 20.8 Å². The molecule has 0 atom stereocenters. The quantitative estimate of drug-likeness (QED) is 0.730. The summed E-state index contributed by atoms with van der Waals surface area (Å²) in [7, 11) is 0. The maximum atomic E-state index is 10.2. The van der Waals surface area contributed by atoms with Crippen molar-refractivity contribution in [1.82, 2.24) is 0 Å². The van der Waals surface area contributed by atoms with Crippen LogP contribution in [0.15, 0.2) is 0 Å². The monoisotopic (exact) mass is 223 g/mol. The molecule has 2 nitrogen and oxygen atoms in total. The summed E-state index contributed by atoms with van der Waals surface area (Å²) in [5.41, 5.74) is 1.81. The zero-order valence-electron chi connectivity index (χ0n) is 13.3. The van der Waals surface area contributed by atoms with Crippen LogP contribution in [0.2, 0.25) is 0 Å². The van der Waals surface area contributed by atoms with Crippen LogP contribution in [0.1, 0.15) is 46.6 Å². The molecule has 0 spiro atoms. The fourth-order valence-corrected chi connectivity index (χ4v) is 2.15. The predicted molar refractivity (Wildman–Crippen MR) is 65.3 cm³/mol. The lowest BCUT2D eigenvalue weighted by atomic mass is 9.88. The van der Waals surface area contributed by atoms with Gasteiger partial charge in [0.1, 0.15) is 17.1 Å². The van der Waals surface area contributed by atoms with Gasteiger partial charge >= 0.3 is 0 Å². The Bertz CT molecular complexity index is 531. The Hall–Kier alpha value is -1.18. The molecule has 0 fully saturated rings. The topological polar surface area (TPSA) is 29.5 Å². The van der Waals surface area contributed by atoms with Gasteiger partial charge in [-0.15, -0.1) is 0 Å². The van der Waals surface area contributed by atoms with Crippen molar-refractivity contribution in [3.8, 4) is 11.5 Å². The van der Waals surface area contributed by atoms with E-state index in [0.717, 1.165) is 12.0 Å². The summed E-state index contributed by atoms with van der Waals surface area (Å²) in [6.07, 6.45) is 1.36. The number of phenolic OH excluding ortho intramolecular Hbond substituents is 1. The Balaban J connectivity index is 2.75. The first-order valence-electron chi connectivity index (χ1n) is 7.09. The third kappa shape index (κ3) is 1.57. The average Bonchev–Trinajstić information content (AvgIpc) is 2.25. The minimum absolute atomic E-state index is 0.0566. The maximum Gasteiger partial charge on any atom is 0.127 e. The Morgan fingerprint density at radius 2 is 1.94 bits per heavy atom. The molecule has 0 aliphatic carbocycles. The first kappa shape index (κ1) is 7.99. The highest BCUT2D eigenvalue weighted by atomic mass is 16.5. The fraction of sp³-hybridized carbons (Fsp3) is 0.571. The van der Waals surface area contributed by atoms with E-state index < -0.39 is 6.85 Å². The minimum Gasteiger partial charge on any atom is -0.507 e. The van der Waals surface area contributed by atoms with E-state index in [2.05, 4.69) is 0 Å². The van der Waals surface area contributed by atoms with Crippen molar-refractivity contribution in [2.45, 2.75) is 53.0 Å². The average molecular weight is 223 g/mol. The van der Waals surface area contributed by atoms with Gasteiger partial charge in [0.2, 0.25) is 0 Å². The second kappa shape index (κ2) is 3.41. The number of hydrogen-bond donors (Lipinski definition) is 1. The molecule has 88 valence electrons. The summed E-state index contributed by atoms with van der Waals surface area (Å²) in [6, 6.07) is 0. The summed E-state index contributed by atoms with van der Waals surface area (Å²) < 4.78 is 28.9. The Labute approximate surface area is 101 Å². The van der Waals surface area contributed by atoms with Gasteiger partial charge < -0.3 is 9.84 Å². The molecular formula is C14H20O2. The number of benzene rings is 1. The van der Waals surface area contributed by atoms with Crippen LogP contribution in [0.3, 0.4) is 0 Å². The molecule has 1 aromatic carbocycles. The molecule has 0 saturated heterocycles. The van der Waals surface area contributed by atoms with Gasteiger partial charge in [-0.05, 0) is 64.1 Å². The smallest absolute Gasteiger partial charge is 0.127 e. The van der Waals surface area contributed by atoms with Gasteiger partial charge in [-0.3, -0.25) is 0 Å². The van der Waals surface area contributed by atoms with Crippen molar-refractivity contribution in [2.75, 3.05) is 0 Å². The van der Waals surface area contributed by atoms with Crippen molar-refractivity contribution < 1.29 is 14.0 Å². The van der Waals surface area contributed by atoms with E-state index in [1.165, 1.54) is 0 Å². The predicted octanol–water partition coefficient (Wildman–Crippen LogP) is 3.42. The van der Waals surface area contributed by atoms with Crippen molar-refractivity contribution in [3.63, 3.8) is 0 Å². The van der Waals surface area contributed by atoms with E-state index in [9.17, 15) is 5.11 Å². The Kier molecular flexibility index (Phi) is 1.70. The second-order valence-corrected chi connectivity index (χ2v) is 5.14. The molecular weight excluding hydrogens is 200 g/mol. The number of aromatic hydroxyl groups is 1. The number of ether oxygens (including phenoxy) is 1. The van der Waals surface area contributed by atoms with Crippen LogP contribution in [0, 0.1) is 20.7 Å². The standard InChI is InChI=1S/C14H20O2/c1-8-9(2)13-11(10(3)12(8)15)6-7-14(4,5)16-13/h15H,6-7H2,1-5H3/i3D3. The Morgan fingerprint density at radius 3 is 2.56 bits per heavy atom. The van der Waals surface area contributed by atoms with Gasteiger partial charge in [-0.2, -0.15) is 0 Å². The highest BCUT2D eigenvalue weighted by Crippen LogP contribution is 2.42. The zero-order valence-corrected chi connectivity index (χ0v) is 10.3. The van der Waals surface area contributed by atoms with Crippen LogP contribution in [-0.4, -0.2) is 10.7 Å². The number of rotatable bonds is 0. The van der Waals surface area contributed by atoms with E-state index in [1.54, 1.807) is 6.92 Å². The van der Waals surface area contributed by atoms with Crippen LogP contribution >= 0.6 is 0 Å². The third-order valence-electron chi connectivity index (χ3n) is 3.43. The molecule has 0 radical (unpaired) electrons. The molecule has 2 rings (SSSR count). The first-order chi connectivity index (χ1) is 8.54. The zero-order chi connectivity index (χ0) is 14.6. The molecule has 1 aliphatic rings. The molecule has 1 aromatic rings. The molecule has 0 amide bonds.